The predicted octanol–water partition coefficient (Wildman–Crippen LogP) is 2.06. The summed E-state index contributed by atoms with van der Waals surface area (Å²) in [7, 11) is 1.54. The van der Waals surface area contributed by atoms with Gasteiger partial charge < -0.3 is 15.5 Å². The number of alkyl halides is 3. The molecule has 1 saturated carbocycles. The van der Waals surface area contributed by atoms with Gasteiger partial charge in [0, 0.05) is 58.8 Å². The fourth-order valence-electron chi connectivity index (χ4n) is 3.50. The molecule has 158 valence electrons. The average molecular weight is 505 g/mol. The lowest BCUT2D eigenvalue weighted by molar-refractivity contribution is -0.137. The molecule has 6 nitrogen and oxygen atoms in total. The van der Waals surface area contributed by atoms with Crippen LogP contribution < -0.4 is 10.6 Å². The molecular formula is C17H31F3IN5O. The molecule has 2 aliphatic rings. The molecular weight excluding hydrogens is 474 g/mol. The second-order valence-electron chi connectivity index (χ2n) is 6.94. The third-order valence-corrected chi connectivity index (χ3v) is 5.03. The molecule has 1 aliphatic heterocycles. The quantitative estimate of drug-likeness (QED) is 0.330. The van der Waals surface area contributed by atoms with E-state index in [1.165, 1.54) is 19.9 Å². The van der Waals surface area contributed by atoms with Crippen LogP contribution in [0.4, 0.5) is 13.2 Å². The molecule has 1 amide bonds. The first kappa shape index (κ1) is 24.3. The zero-order chi connectivity index (χ0) is 19.0. The lowest BCUT2D eigenvalue weighted by atomic mass is 10.1. The Bertz CT molecular complexity index is 476. The molecule has 0 unspecified atom stereocenters. The summed E-state index contributed by atoms with van der Waals surface area (Å²) in [6, 6.07) is 0. The SMILES string of the molecule is CN=C(NCCN1CCN(C(=O)C2CCCC2)CC1)NCCC(F)(F)F.I. The van der Waals surface area contributed by atoms with E-state index in [1.807, 2.05) is 4.90 Å². The van der Waals surface area contributed by atoms with Crippen LogP contribution >= 0.6 is 24.0 Å². The number of carbonyl (C=O) groups is 1. The molecule has 1 heterocycles. The topological polar surface area (TPSA) is 60.0 Å². The summed E-state index contributed by atoms with van der Waals surface area (Å²) in [5.74, 6) is 0.924. The Morgan fingerprint density at radius 1 is 1.07 bits per heavy atom. The lowest BCUT2D eigenvalue weighted by Gasteiger charge is -2.36. The van der Waals surface area contributed by atoms with Crippen molar-refractivity contribution in [1.29, 1.82) is 0 Å². The van der Waals surface area contributed by atoms with Crippen molar-refractivity contribution in [2.45, 2.75) is 38.3 Å². The van der Waals surface area contributed by atoms with Crippen molar-refractivity contribution in [3.8, 4) is 0 Å². The first-order chi connectivity index (χ1) is 12.4. The lowest BCUT2D eigenvalue weighted by Crippen LogP contribution is -2.52. The minimum absolute atomic E-state index is 0. The van der Waals surface area contributed by atoms with Crippen LogP contribution in [0.15, 0.2) is 4.99 Å². The number of nitrogens with zero attached hydrogens (tertiary/aromatic N) is 3. The summed E-state index contributed by atoms with van der Waals surface area (Å²) >= 11 is 0. The number of nitrogens with one attached hydrogen (secondary N) is 2. The number of aliphatic imine (C=N–C) groups is 1. The van der Waals surface area contributed by atoms with E-state index in [4.69, 9.17) is 0 Å². The van der Waals surface area contributed by atoms with Gasteiger partial charge in [0.2, 0.25) is 5.91 Å². The van der Waals surface area contributed by atoms with E-state index in [9.17, 15) is 18.0 Å². The van der Waals surface area contributed by atoms with Crippen molar-refractivity contribution < 1.29 is 18.0 Å². The van der Waals surface area contributed by atoms with E-state index in [0.29, 0.717) is 18.4 Å². The van der Waals surface area contributed by atoms with E-state index in [0.717, 1.165) is 45.6 Å². The summed E-state index contributed by atoms with van der Waals surface area (Å²) in [5, 5.41) is 5.70. The molecule has 10 heteroatoms. The highest BCUT2D eigenvalue weighted by Gasteiger charge is 2.29. The average Bonchev–Trinajstić information content (AvgIpc) is 3.14. The number of halogens is 4. The van der Waals surface area contributed by atoms with Crippen LogP contribution in [0.2, 0.25) is 0 Å². The number of rotatable bonds is 6. The molecule has 0 radical (unpaired) electrons. The van der Waals surface area contributed by atoms with Gasteiger partial charge in [0.05, 0.1) is 6.42 Å². The largest absolute Gasteiger partial charge is 0.390 e. The predicted molar refractivity (Wildman–Crippen MR) is 110 cm³/mol. The Morgan fingerprint density at radius 2 is 1.67 bits per heavy atom. The zero-order valence-electron chi connectivity index (χ0n) is 15.9. The molecule has 27 heavy (non-hydrogen) atoms. The minimum atomic E-state index is -4.17. The first-order valence-corrected chi connectivity index (χ1v) is 9.41. The number of amides is 1. The van der Waals surface area contributed by atoms with Gasteiger partial charge in [0.15, 0.2) is 5.96 Å². The maximum atomic E-state index is 12.4. The van der Waals surface area contributed by atoms with Crippen LogP contribution in [-0.4, -0.2) is 80.7 Å². The molecule has 2 fully saturated rings. The van der Waals surface area contributed by atoms with Crippen LogP contribution in [0, 0.1) is 5.92 Å². The monoisotopic (exact) mass is 505 g/mol. The van der Waals surface area contributed by atoms with Crippen molar-refractivity contribution in [2.75, 3.05) is 52.9 Å². The molecule has 2 N–H and O–H groups in total. The first-order valence-electron chi connectivity index (χ1n) is 9.41. The Balaban J connectivity index is 0.00000364. The summed E-state index contributed by atoms with van der Waals surface area (Å²) in [6.07, 6.45) is -0.653. The Kier molecular flexibility index (Phi) is 10.7. The standard InChI is InChI=1S/C17H30F3N5O.HI/c1-21-16(22-7-6-17(18,19)20)23-8-9-24-10-12-25(13-11-24)15(26)14-4-2-3-5-14;/h14H,2-13H2,1H3,(H2,21,22,23);1H. The summed E-state index contributed by atoms with van der Waals surface area (Å²) in [4.78, 5) is 20.6. The second-order valence-corrected chi connectivity index (χ2v) is 6.94. The van der Waals surface area contributed by atoms with Gasteiger partial charge in [-0.25, -0.2) is 0 Å². The smallest absolute Gasteiger partial charge is 0.356 e. The number of guanidine groups is 1. The molecule has 0 aromatic rings. The van der Waals surface area contributed by atoms with Crippen LogP contribution in [-0.2, 0) is 4.79 Å². The van der Waals surface area contributed by atoms with Crippen molar-refractivity contribution in [3.63, 3.8) is 0 Å². The van der Waals surface area contributed by atoms with Gasteiger partial charge in [-0.05, 0) is 12.8 Å². The van der Waals surface area contributed by atoms with Crippen molar-refractivity contribution in [1.82, 2.24) is 20.4 Å². The highest BCUT2D eigenvalue weighted by Crippen LogP contribution is 2.26. The summed E-state index contributed by atoms with van der Waals surface area (Å²) < 4.78 is 36.5. The maximum absolute atomic E-state index is 12.4. The minimum Gasteiger partial charge on any atom is -0.356 e. The van der Waals surface area contributed by atoms with Crippen molar-refractivity contribution in [2.24, 2.45) is 10.9 Å². The van der Waals surface area contributed by atoms with Crippen LogP contribution in [0.5, 0.6) is 0 Å². The van der Waals surface area contributed by atoms with Gasteiger partial charge in [-0.3, -0.25) is 14.7 Å². The number of carbonyl (C=O) groups excluding carboxylic acids is 1. The van der Waals surface area contributed by atoms with E-state index >= 15 is 0 Å². The molecule has 1 saturated heterocycles. The van der Waals surface area contributed by atoms with Gasteiger partial charge in [-0.15, -0.1) is 24.0 Å². The second kappa shape index (κ2) is 11.9. The third kappa shape index (κ3) is 8.84. The van der Waals surface area contributed by atoms with Gasteiger partial charge in [-0.1, -0.05) is 12.8 Å². The van der Waals surface area contributed by atoms with E-state index in [1.54, 1.807) is 0 Å². The van der Waals surface area contributed by atoms with Crippen LogP contribution in [0.3, 0.4) is 0 Å². The van der Waals surface area contributed by atoms with Crippen molar-refractivity contribution in [3.05, 3.63) is 0 Å². The molecule has 0 atom stereocenters. The van der Waals surface area contributed by atoms with Crippen molar-refractivity contribution >= 4 is 35.8 Å². The zero-order valence-corrected chi connectivity index (χ0v) is 18.2. The number of piperazine rings is 1. The highest BCUT2D eigenvalue weighted by molar-refractivity contribution is 14.0. The molecule has 0 aromatic carbocycles. The van der Waals surface area contributed by atoms with Crippen LogP contribution in [0.25, 0.3) is 0 Å². The Hall–Kier alpha value is -0.780. The number of hydrogen-bond acceptors (Lipinski definition) is 3. The molecule has 2 rings (SSSR count). The van der Waals surface area contributed by atoms with Gasteiger partial charge >= 0.3 is 6.18 Å². The van der Waals surface area contributed by atoms with E-state index < -0.39 is 12.6 Å². The fourth-order valence-corrected chi connectivity index (χ4v) is 3.50. The van der Waals surface area contributed by atoms with Gasteiger partial charge in [-0.2, -0.15) is 13.2 Å². The Morgan fingerprint density at radius 3 is 2.22 bits per heavy atom. The van der Waals surface area contributed by atoms with Gasteiger partial charge in [0.25, 0.3) is 0 Å². The number of hydrogen-bond donors (Lipinski definition) is 2. The fraction of sp³-hybridized carbons (Fsp3) is 0.882. The van der Waals surface area contributed by atoms with E-state index in [2.05, 4.69) is 20.5 Å². The maximum Gasteiger partial charge on any atom is 0.390 e. The molecule has 0 spiro atoms. The van der Waals surface area contributed by atoms with Gasteiger partial charge in [0.1, 0.15) is 0 Å². The summed E-state index contributed by atoms with van der Waals surface area (Å²) in [6.45, 7) is 4.36. The summed E-state index contributed by atoms with van der Waals surface area (Å²) in [5.41, 5.74) is 0. The third-order valence-electron chi connectivity index (χ3n) is 5.03. The van der Waals surface area contributed by atoms with E-state index in [-0.39, 0.29) is 36.4 Å². The molecule has 0 bridgehead atoms. The molecule has 1 aliphatic carbocycles. The Labute approximate surface area is 176 Å². The highest BCUT2D eigenvalue weighted by atomic mass is 127. The molecule has 0 aromatic heterocycles. The van der Waals surface area contributed by atoms with Crippen LogP contribution in [0.1, 0.15) is 32.1 Å². The normalized spacial score (nSPS) is 19.7.